The van der Waals surface area contributed by atoms with Crippen LogP contribution in [0.1, 0.15) is 6.92 Å². The number of hydrogen-bond donors (Lipinski definition) is 2. The van der Waals surface area contributed by atoms with Crippen LogP contribution in [0.2, 0.25) is 5.15 Å². The van der Waals surface area contributed by atoms with Gasteiger partial charge in [0.25, 0.3) is 0 Å². The lowest BCUT2D eigenvalue weighted by Crippen LogP contribution is -2.42. The van der Waals surface area contributed by atoms with E-state index in [4.69, 9.17) is 17.3 Å². The Morgan fingerprint density at radius 3 is 2.75 bits per heavy atom. The molecular weight excluding hydrogens is 254 g/mol. The molecule has 0 bridgehead atoms. The quantitative estimate of drug-likeness (QED) is 0.740. The lowest BCUT2D eigenvalue weighted by Gasteiger charge is -2.11. The summed E-state index contributed by atoms with van der Waals surface area (Å²) in [6, 6.07) is 1.70. The number of rotatable bonds is 4. The Kier molecular flexibility index (Phi) is 3.84. The van der Waals surface area contributed by atoms with Gasteiger partial charge in [-0.3, -0.25) is 4.79 Å². The number of nitrogens with zero attached hydrogens (tertiary/aromatic N) is 1. The molecule has 88 valence electrons. The van der Waals surface area contributed by atoms with Crippen LogP contribution in [0.15, 0.2) is 23.2 Å². The summed E-state index contributed by atoms with van der Waals surface area (Å²) in [7, 11) is -3.88. The molecule has 0 saturated carbocycles. The van der Waals surface area contributed by atoms with Gasteiger partial charge in [0.15, 0.2) is 0 Å². The Bertz CT molecular complexity index is 503. The number of nitrogens with one attached hydrogen (secondary N) is 1. The summed E-state index contributed by atoms with van der Waals surface area (Å²) in [5.41, 5.74) is 4.94. The van der Waals surface area contributed by atoms with Crippen molar-refractivity contribution in [2.24, 2.45) is 5.73 Å². The molecule has 8 heteroatoms. The van der Waals surface area contributed by atoms with Crippen LogP contribution in [-0.4, -0.2) is 25.4 Å². The molecule has 1 atom stereocenters. The maximum Gasteiger partial charge on any atom is 0.244 e. The van der Waals surface area contributed by atoms with Gasteiger partial charge < -0.3 is 5.73 Å². The number of carbonyl (C=O) groups excluding carboxylic acids is 1. The largest absolute Gasteiger partial charge is 0.368 e. The lowest BCUT2D eigenvalue weighted by atomic mass is 10.4. The van der Waals surface area contributed by atoms with Gasteiger partial charge in [-0.2, -0.15) is 4.72 Å². The molecule has 6 nitrogen and oxygen atoms in total. The van der Waals surface area contributed by atoms with Crippen LogP contribution in [0.25, 0.3) is 0 Å². The zero-order chi connectivity index (χ0) is 12.3. The SMILES string of the molecule is CC(NS(=O)(=O)c1cccnc1Cl)C(N)=O. The Morgan fingerprint density at radius 2 is 2.25 bits per heavy atom. The molecule has 1 heterocycles. The van der Waals surface area contributed by atoms with Gasteiger partial charge >= 0.3 is 0 Å². The molecule has 0 aromatic carbocycles. The van der Waals surface area contributed by atoms with E-state index in [0.717, 1.165) is 0 Å². The van der Waals surface area contributed by atoms with Gasteiger partial charge in [-0.05, 0) is 19.1 Å². The van der Waals surface area contributed by atoms with Crippen LogP contribution in [0.3, 0.4) is 0 Å². The zero-order valence-corrected chi connectivity index (χ0v) is 9.92. The van der Waals surface area contributed by atoms with Crippen LogP contribution in [0, 0.1) is 0 Å². The first-order valence-corrected chi connectivity index (χ1v) is 6.13. The molecule has 1 unspecified atom stereocenters. The first kappa shape index (κ1) is 12.9. The number of pyridine rings is 1. The highest BCUT2D eigenvalue weighted by Gasteiger charge is 2.22. The molecule has 0 saturated heterocycles. The van der Waals surface area contributed by atoms with Crippen LogP contribution in [0.5, 0.6) is 0 Å². The van der Waals surface area contributed by atoms with Crippen molar-refractivity contribution >= 4 is 27.5 Å². The first-order chi connectivity index (χ1) is 7.34. The average molecular weight is 264 g/mol. The van der Waals surface area contributed by atoms with Crippen LogP contribution in [0.4, 0.5) is 0 Å². The summed E-state index contributed by atoms with van der Waals surface area (Å²) in [5, 5.41) is -0.160. The molecule has 0 fully saturated rings. The number of sulfonamides is 1. The molecule has 1 rings (SSSR count). The molecule has 1 aromatic heterocycles. The molecule has 0 aliphatic rings. The number of halogens is 1. The number of aromatic nitrogens is 1. The van der Waals surface area contributed by atoms with E-state index in [-0.39, 0.29) is 10.0 Å². The predicted molar refractivity (Wildman–Crippen MR) is 58.2 cm³/mol. The third kappa shape index (κ3) is 2.91. The molecule has 1 amide bonds. The van der Waals surface area contributed by atoms with Crippen LogP contribution >= 0.6 is 11.6 Å². The number of carbonyl (C=O) groups is 1. The summed E-state index contributed by atoms with van der Waals surface area (Å²) < 4.78 is 25.5. The summed E-state index contributed by atoms with van der Waals surface area (Å²) in [4.78, 5) is 14.2. The lowest BCUT2D eigenvalue weighted by molar-refractivity contribution is -0.119. The minimum atomic E-state index is -3.88. The second kappa shape index (κ2) is 4.77. The molecule has 0 spiro atoms. The highest BCUT2D eigenvalue weighted by atomic mass is 35.5. The van der Waals surface area contributed by atoms with Gasteiger partial charge in [0.05, 0.1) is 6.04 Å². The fourth-order valence-electron chi connectivity index (χ4n) is 0.926. The number of primary amides is 1. The summed E-state index contributed by atoms with van der Waals surface area (Å²) in [6.45, 7) is 1.34. The van der Waals surface area contributed by atoms with Crippen molar-refractivity contribution in [1.82, 2.24) is 9.71 Å². The maximum atomic E-state index is 11.7. The fraction of sp³-hybridized carbons (Fsp3) is 0.250. The summed E-state index contributed by atoms with van der Waals surface area (Å²) in [5.74, 6) is -0.774. The monoisotopic (exact) mass is 263 g/mol. The van der Waals surface area contributed by atoms with Gasteiger partial charge in [0, 0.05) is 6.20 Å². The van der Waals surface area contributed by atoms with Crippen molar-refractivity contribution < 1.29 is 13.2 Å². The molecule has 3 N–H and O–H groups in total. The van der Waals surface area contributed by atoms with E-state index in [1.54, 1.807) is 0 Å². The third-order valence-electron chi connectivity index (χ3n) is 1.77. The average Bonchev–Trinajstić information content (AvgIpc) is 2.17. The molecule has 1 aromatic rings. The molecule has 16 heavy (non-hydrogen) atoms. The smallest absolute Gasteiger partial charge is 0.244 e. The minimum absolute atomic E-state index is 0.160. The first-order valence-electron chi connectivity index (χ1n) is 4.27. The molecule has 0 aliphatic heterocycles. The molecule has 0 aliphatic carbocycles. The second-order valence-corrected chi connectivity index (χ2v) is 5.08. The zero-order valence-electron chi connectivity index (χ0n) is 8.34. The molecule has 0 radical (unpaired) electrons. The normalized spacial score (nSPS) is 13.4. The van der Waals surface area contributed by atoms with Gasteiger partial charge in [0.1, 0.15) is 10.0 Å². The number of amides is 1. The van der Waals surface area contributed by atoms with E-state index in [9.17, 15) is 13.2 Å². The summed E-state index contributed by atoms with van der Waals surface area (Å²) in [6.07, 6.45) is 1.36. The minimum Gasteiger partial charge on any atom is -0.368 e. The van der Waals surface area contributed by atoms with Crippen LogP contribution in [-0.2, 0) is 14.8 Å². The van der Waals surface area contributed by atoms with Crippen molar-refractivity contribution in [3.63, 3.8) is 0 Å². The van der Waals surface area contributed by atoms with Crippen molar-refractivity contribution in [3.05, 3.63) is 23.5 Å². The topological polar surface area (TPSA) is 102 Å². The van der Waals surface area contributed by atoms with Crippen molar-refractivity contribution in [2.75, 3.05) is 0 Å². The number of hydrogen-bond acceptors (Lipinski definition) is 4. The Labute approximate surface area is 97.9 Å². The van der Waals surface area contributed by atoms with E-state index in [1.807, 2.05) is 0 Å². The van der Waals surface area contributed by atoms with Gasteiger partial charge in [-0.1, -0.05) is 11.6 Å². The summed E-state index contributed by atoms with van der Waals surface area (Å²) >= 11 is 5.63. The Balaban J connectivity index is 3.04. The van der Waals surface area contributed by atoms with Crippen LogP contribution < -0.4 is 10.5 Å². The highest BCUT2D eigenvalue weighted by Crippen LogP contribution is 2.17. The molecular formula is C8H10ClN3O3S. The Hall–Kier alpha value is -1.18. The van der Waals surface area contributed by atoms with E-state index in [2.05, 4.69) is 9.71 Å². The van der Waals surface area contributed by atoms with Gasteiger partial charge in [-0.25, -0.2) is 13.4 Å². The Morgan fingerprint density at radius 1 is 1.62 bits per heavy atom. The second-order valence-electron chi connectivity index (χ2n) is 3.04. The van der Waals surface area contributed by atoms with E-state index >= 15 is 0 Å². The maximum absolute atomic E-state index is 11.7. The van der Waals surface area contributed by atoms with Gasteiger partial charge in [-0.15, -0.1) is 0 Å². The van der Waals surface area contributed by atoms with Crippen molar-refractivity contribution in [1.29, 1.82) is 0 Å². The standard InChI is InChI=1S/C8H10ClN3O3S/c1-5(8(10)13)12-16(14,15)6-3-2-4-11-7(6)9/h2-5,12H,1H3,(H2,10,13). The van der Waals surface area contributed by atoms with Crippen molar-refractivity contribution in [2.45, 2.75) is 17.9 Å². The highest BCUT2D eigenvalue weighted by molar-refractivity contribution is 7.89. The third-order valence-corrected chi connectivity index (χ3v) is 3.76. The van der Waals surface area contributed by atoms with Crippen molar-refractivity contribution in [3.8, 4) is 0 Å². The fourth-order valence-corrected chi connectivity index (χ4v) is 2.59. The van der Waals surface area contributed by atoms with Gasteiger partial charge in [0.2, 0.25) is 15.9 Å². The predicted octanol–water partition coefficient (Wildman–Crippen LogP) is -0.113. The number of nitrogens with two attached hydrogens (primary N) is 1. The van der Waals surface area contributed by atoms with E-state index in [0.29, 0.717) is 0 Å². The van der Waals surface area contributed by atoms with E-state index in [1.165, 1.54) is 25.3 Å². The van der Waals surface area contributed by atoms with E-state index < -0.39 is 22.0 Å².